The summed E-state index contributed by atoms with van der Waals surface area (Å²) in [6.45, 7) is 1.42. The zero-order valence-corrected chi connectivity index (χ0v) is 7.69. The molecule has 0 aromatic heterocycles. The molecule has 1 aliphatic rings. The van der Waals surface area contributed by atoms with Crippen molar-refractivity contribution in [3.8, 4) is 0 Å². The van der Waals surface area contributed by atoms with Crippen LogP contribution < -0.4 is 5.06 Å². The Morgan fingerprint density at radius 1 is 1.43 bits per heavy atom. The fourth-order valence-corrected chi connectivity index (χ4v) is 1.46. The average molecular weight is 191 g/mol. The van der Waals surface area contributed by atoms with Crippen LogP contribution in [0.4, 0.5) is 5.69 Å². The van der Waals surface area contributed by atoms with E-state index in [4.69, 9.17) is 4.84 Å². The molecule has 0 unspecified atom stereocenters. The predicted octanol–water partition coefficient (Wildman–Crippen LogP) is 1.17. The van der Waals surface area contributed by atoms with Crippen LogP contribution in [-0.2, 0) is 9.63 Å². The van der Waals surface area contributed by atoms with Gasteiger partial charge in [-0.1, -0.05) is 12.1 Å². The van der Waals surface area contributed by atoms with E-state index < -0.39 is 5.97 Å². The van der Waals surface area contributed by atoms with Crippen LogP contribution in [0.3, 0.4) is 0 Å². The van der Waals surface area contributed by atoms with Gasteiger partial charge in [-0.25, -0.2) is 0 Å². The highest BCUT2D eigenvalue weighted by atomic mass is 16.7. The van der Waals surface area contributed by atoms with Gasteiger partial charge in [0, 0.05) is 12.5 Å². The maximum absolute atomic E-state index is 11.4. The first-order chi connectivity index (χ1) is 6.68. The number of nitrogens with zero attached hydrogens (tertiary/aromatic N) is 1. The maximum atomic E-state index is 11.4. The molecule has 0 aliphatic carbocycles. The first-order valence-electron chi connectivity index (χ1n) is 4.27. The second kappa shape index (κ2) is 3.14. The van der Waals surface area contributed by atoms with E-state index in [1.807, 2.05) is 0 Å². The van der Waals surface area contributed by atoms with Crippen molar-refractivity contribution in [3.05, 3.63) is 29.8 Å². The first kappa shape index (κ1) is 8.74. The van der Waals surface area contributed by atoms with Gasteiger partial charge < -0.3 is 4.84 Å². The van der Waals surface area contributed by atoms with Crippen LogP contribution in [-0.4, -0.2) is 18.3 Å². The van der Waals surface area contributed by atoms with Crippen LogP contribution in [0.2, 0.25) is 0 Å². The summed E-state index contributed by atoms with van der Waals surface area (Å²) in [4.78, 5) is 27.0. The van der Waals surface area contributed by atoms with Gasteiger partial charge in [0.1, 0.15) is 6.54 Å². The molecular weight excluding hydrogens is 182 g/mol. The Bertz CT molecular complexity index is 398. The van der Waals surface area contributed by atoms with Gasteiger partial charge in [0.15, 0.2) is 5.78 Å². The van der Waals surface area contributed by atoms with Crippen LogP contribution in [0.5, 0.6) is 0 Å². The number of para-hydroxylation sites is 1. The van der Waals surface area contributed by atoms with Crippen LogP contribution in [0.15, 0.2) is 24.3 Å². The van der Waals surface area contributed by atoms with E-state index in [1.54, 1.807) is 24.3 Å². The van der Waals surface area contributed by atoms with Crippen molar-refractivity contribution in [1.29, 1.82) is 0 Å². The summed E-state index contributed by atoms with van der Waals surface area (Å²) in [6.07, 6.45) is 0. The Morgan fingerprint density at radius 2 is 2.14 bits per heavy atom. The summed E-state index contributed by atoms with van der Waals surface area (Å²) < 4.78 is 0. The molecule has 72 valence electrons. The van der Waals surface area contributed by atoms with Crippen molar-refractivity contribution in [2.75, 3.05) is 11.6 Å². The molecule has 0 fully saturated rings. The number of rotatable bonds is 1. The highest BCUT2D eigenvalue weighted by Gasteiger charge is 2.28. The second-order valence-electron chi connectivity index (χ2n) is 3.06. The molecule has 14 heavy (non-hydrogen) atoms. The van der Waals surface area contributed by atoms with E-state index in [9.17, 15) is 9.59 Å². The van der Waals surface area contributed by atoms with E-state index in [1.165, 1.54) is 12.0 Å². The number of hydrogen-bond donors (Lipinski definition) is 0. The minimum Gasteiger partial charge on any atom is -0.341 e. The van der Waals surface area contributed by atoms with Gasteiger partial charge in [0.25, 0.3) is 0 Å². The number of fused-ring (bicyclic) bond motifs is 1. The normalized spacial score (nSPS) is 14.1. The van der Waals surface area contributed by atoms with Gasteiger partial charge in [-0.2, -0.15) is 5.06 Å². The fourth-order valence-electron chi connectivity index (χ4n) is 1.46. The molecule has 0 atom stereocenters. The van der Waals surface area contributed by atoms with E-state index in [0.29, 0.717) is 11.3 Å². The zero-order valence-electron chi connectivity index (χ0n) is 7.69. The van der Waals surface area contributed by atoms with E-state index in [2.05, 4.69) is 0 Å². The third-order valence-electron chi connectivity index (χ3n) is 2.00. The van der Waals surface area contributed by atoms with Gasteiger partial charge in [0.05, 0.1) is 5.69 Å². The molecule has 0 spiro atoms. The molecule has 0 saturated carbocycles. The average Bonchev–Trinajstić information content (AvgIpc) is 2.44. The number of hydrogen-bond acceptors (Lipinski definition) is 4. The summed E-state index contributed by atoms with van der Waals surface area (Å²) in [5.74, 6) is -0.448. The maximum Gasteiger partial charge on any atom is 0.329 e. The number of ketones is 1. The molecule has 1 aromatic carbocycles. The predicted molar refractivity (Wildman–Crippen MR) is 49.9 cm³/mol. The standard InChI is InChI=1S/C10H9NO3/c1-7(12)14-11-6-10(13)8-4-2-3-5-9(8)11/h2-5H,6H2,1H3. The third kappa shape index (κ3) is 1.35. The van der Waals surface area contributed by atoms with Crippen molar-refractivity contribution in [2.24, 2.45) is 0 Å². The molecule has 4 heteroatoms. The monoisotopic (exact) mass is 191 g/mol. The number of hydroxylamine groups is 1. The van der Waals surface area contributed by atoms with Crippen LogP contribution >= 0.6 is 0 Å². The minimum absolute atomic E-state index is 0.0261. The lowest BCUT2D eigenvalue weighted by Crippen LogP contribution is -2.25. The summed E-state index contributed by atoms with van der Waals surface area (Å²) in [5, 5.41) is 1.32. The van der Waals surface area contributed by atoms with Gasteiger partial charge in [-0.3, -0.25) is 9.59 Å². The second-order valence-corrected chi connectivity index (χ2v) is 3.06. The Kier molecular flexibility index (Phi) is 1.96. The van der Waals surface area contributed by atoms with Crippen LogP contribution in [0.25, 0.3) is 0 Å². The molecule has 0 N–H and O–H groups in total. The van der Waals surface area contributed by atoms with E-state index in [-0.39, 0.29) is 12.3 Å². The highest BCUT2D eigenvalue weighted by Crippen LogP contribution is 2.27. The summed E-state index contributed by atoms with van der Waals surface area (Å²) in [7, 11) is 0. The summed E-state index contributed by atoms with van der Waals surface area (Å²) in [5.41, 5.74) is 1.27. The number of carbonyl (C=O) groups is 2. The van der Waals surface area contributed by atoms with Crippen molar-refractivity contribution < 1.29 is 14.4 Å². The minimum atomic E-state index is -0.422. The van der Waals surface area contributed by atoms with Gasteiger partial charge >= 0.3 is 5.97 Å². The third-order valence-corrected chi connectivity index (χ3v) is 2.00. The van der Waals surface area contributed by atoms with Gasteiger partial charge in [-0.05, 0) is 12.1 Å². The Morgan fingerprint density at radius 3 is 2.86 bits per heavy atom. The van der Waals surface area contributed by atoms with Crippen molar-refractivity contribution >= 4 is 17.4 Å². The molecular formula is C10H9NO3. The van der Waals surface area contributed by atoms with Crippen molar-refractivity contribution in [3.63, 3.8) is 0 Å². The lowest BCUT2D eigenvalue weighted by Gasteiger charge is -2.15. The molecule has 0 bridgehead atoms. The van der Waals surface area contributed by atoms with Crippen molar-refractivity contribution in [2.45, 2.75) is 6.92 Å². The molecule has 1 heterocycles. The van der Waals surface area contributed by atoms with Gasteiger partial charge in [-0.15, -0.1) is 0 Å². The summed E-state index contributed by atoms with van der Waals surface area (Å²) >= 11 is 0. The molecule has 1 aliphatic heterocycles. The van der Waals surface area contributed by atoms with E-state index >= 15 is 0 Å². The highest BCUT2D eigenvalue weighted by molar-refractivity contribution is 6.08. The fraction of sp³-hybridized carbons (Fsp3) is 0.200. The Labute approximate surface area is 81.0 Å². The van der Waals surface area contributed by atoms with Crippen LogP contribution in [0.1, 0.15) is 17.3 Å². The molecule has 1 aromatic rings. The number of benzene rings is 1. The van der Waals surface area contributed by atoms with Crippen molar-refractivity contribution in [1.82, 2.24) is 0 Å². The molecule has 4 nitrogen and oxygen atoms in total. The molecule has 0 amide bonds. The van der Waals surface area contributed by atoms with Gasteiger partial charge in [0.2, 0.25) is 0 Å². The Hall–Kier alpha value is -1.84. The largest absolute Gasteiger partial charge is 0.341 e. The first-order valence-corrected chi connectivity index (χ1v) is 4.27. The molecule has 2 rings (SSSR count). The van der Waals surface area contributed by atoms with E-state index in [0.717, 1.165) is 0 Å². The topological polar surface area (TPSA) is 46.6 Å². The molecule has 0 radical (unpaired) electrons. The number of anilines is 1. The van der Waals surface area contributed by atoms with Crippen LogP contribution in [0, 0.1) is 0 Å². The smallest absolute Gasteiger partial charge is 0.329 e. The lowest BCUT2D eigenvalue weighted by atomic mass is 10.1. The number of carbonyl (C=O) groups excluding carboxylic acids is 2. The Balaban J connectivity index is 2.34. The SMILES string of the molecule is CC(=O)ON1CC(=O)c2ccccc21. The number of Topliss-reactive ketones (excluding diaryl/α,β-unsaturated/α-hetero) is 1. The lowest BCUT2D eigenvalue weighted by molar-refractivity contribution is -0.142. The zero-order chi connectivity index (χ0) is 10.1. The molecule has 0 saturated heterocycles. The summed E-state index contributed by atoms with van der Waals surface area (Å²) in [6, 6.07) is 7.06. The quantitative estimate of drug-likeness (QED) is 0.668.